The number of hydrogen-bond acceptors (Lipinski definition) is 18. The van der Waals surface area contributed by atoms with Crippen molar-refractivity contribution in [3.05, 3.63) is 149 Å². The highest BCUT2D eigenvalue weighted by molar-refractivity contribution is 14.1. The summed E-state index contributed by atoms with van der Waals surface area (Å²) >= 11 is 9.63. The van der Waals surface area contributed by atoms with Gasteiger partial charge in [0.05, 0.1) is 92.6 Å². The van der Waals surface area contributed by atoms with Crippen molar-refractivity contribution in [2.45, 2.75) is 19.6 Å². The molecule has 0 bridgehead atoms. The SMILES string of the molecule is CI.CI.COC(=O)c1cc(F)cnc1-n1nccn1.C[Si](C)(C)C=[N+]=N.O=C(O)c1cc(F)cnc1-n1ccnn1.O=C(O)c1cc(F)cnc1-n1nccn1.O=C(O)c1cc(F)cnc1Cl.c1cn[nH]n1. The highest BCUT2D eigenvalue weighted by Gasteiger charge is 2.19. The lowest BCUT2D eigenvalue weighted by atomic mass is 10.2. The molecule has 0 saturated heterocycles. The Morgan fingerprint density at radius 3 is 1.36 bits per heavy atom. The monoisotopic (exact) mass is 1280 g/mol. The lowest BCUT2D eigenvalue weighted by Gasteiger charge is -2.05. The van der Waals surface area contributed by atoms with E-state index in [0.717, 1.165) is 63.3 Å². The van der Waals surface area contributed by atoms with Crippen LogP contribution in [0, 0.1) is 28.8 Å². The van der Waals surface area contributed by atoms with Crippen LogP contribution in [0.3, 0.4) is 0 Å². The Morgan fingerprint density at radius 2 is 1.03 bits per heavy atom. The van der Waals surface area contributed by atoms with Gasteiger partial charge in [0, 0.05) is 4.79 Å². The standard InChI is InChI=1S/C9H7FN4O2.2C8H5FN4O2.C6H3ClFNO2.C4H11N2Si.C2H3N3.2CH3I/c1-16-9(15)7-4-6(10)5-11-8(7)14-12-2-3-13-14;9-5-3-6(8(14)15)7(10-4-5)13-2-1-11-12-13;9-5-3-6(8(14)15)7(10-4-5)13-11-1-2-12-13;7-5-4(6(10)11)1-3(8)2-9-5;1-7(2,3)4-6-5;1-2-4-5-3-1;2*1-2/h2-5H,1H3;2*1-4H,(H,14,15);1-2H,(H,10,11);4-5H,1-3H3;1-2H,(H,3,4,5);2*1H3/q;;;;+1;;;. The second-order valence-electron chi connectivity index (χ2n) is 13.2. The Kier molecular flexibility index (Phi) is 29.1. The molecule has 8 aromatic heterocycles. The first-order chi connectivity index (χ1) is 34.8. The molecule has 0 aromatic carbocycles. The van der Waals surface area contributed by atoms with Crippen LogP contribution in [0.1, 0.15) is 41.4 Å². The Morgan fingerprint density at radius 1 is 0.644 bits per heavy atom. The van der Waals surface area contributed by atoms with Crippen LogP contribution >= 0.6 is 56.8 Å². The molecule has 0 atom stereocenters. The summed E-state index contributed by atoms with van der Waals surface area (Å²) in [6.07, 6.45) is 15.2. The molecule has 0 unspecified atom stereocenters. The molecule has 26 nitrogen and oxygen atoms in total. The summed E-state index contributed by atoms with van der Waals surface area (Å²) < 4.78 is 56.5. The number of nitrogens with zero attached hydrogens (tertiary/aromatic N) is 16. The third-order valence-electron chi connectivity index (χ3n) is 7.04. The van der Waals surface area contributed by atoms with E-state index < -0.39 is 55.2 Å². The Bertz CT molecular complexity index is 2870. The topological polar surface area (TPSA) is 361 Å². The zero-order valence-corrected chi connectivity index (χ0v) is 44.6. The number of halogens is 7. The second-order valence-corrected chi connectivity index (χ2v) is 18.6. The van der Waals surface area contributed by atoms with Crippen molar-refractivity contribution < 1.29 is 61.6 Å². The van der Waals surface area contributed by atoms with E-state index in [2.05, 4.69) is 140 Å². The minimum atomic E-state index is -1.29. The number of pyridine rings is 4. The van der Waals surface area contributed by atoms with Crippen LogP contribution < -0.4 is 0 Å². The number of aromatic carboxylic acids is 3. The summed E-state index contributed by atoms with van der Waals surface area (Å²) in [6.45, 7) is 6.43. The van der Waals surface area contributed by atoms with Gasteiger partial charge in [-0.1, -0.05) is 81.6 Å². The summed E-state index contributed by atoms with van der Waals surface area (Å²) in [7, 11) is 0.0655. The van der Waals surface area contributed by atoms with E-state index in [4.69, 9.17) is 32.5 Å². The number of esters is 1. The van der Waals surface area contributed by atoms with E-state index >= 15 is 0 Å². The number of alkyl halides is 2. The van der Waals surface area contributed by atoms with E-state index in [1.165, 1.54) is 44.3 Å². The average molecular weight is 1280 g/mol. The van der Waals surface area contributed by atoms with Crippen LogP contribution in [-0.4, -0.2) is 155 Å². The zero-order chi connectivity index (χ0) is 55.1. The van der Waals surface area contributed by atoms with Gasteiger partial charge in [0.2, 0.25) is 0 Å². The number of carboxylic acids is 3. The van der Waals surface area contributed by atoms with E-state index in [9.17, 15) is 36.7 Å². The van der Waals surface area contributed by atoms with Gasteiger partial charge in [-0.3, -0.25) is 0 Å². The van der Waals surface area contributed by atoms with Crippen LogP contribution in [0.5, 0.6) is 0 Å². The average Bonchev–Trinajstić information content (AvgIpc) is 4.24. The third-order valence-corrected chi connectivity index (χ3v) is 8.25. The van der Waals surface area contributed by atoms with Crippen LogP contribution in [0.2, 0.25) is 24.8 Å². The fourth-order valence-corrected chi connectivity index (χ4v) is 4.85. The van der Waals surface area contributed by atoms with Gasteiger partial charge >= 0.3 is 23.9 Å². The number of aromatic amines is 1. The molecule has 0 fully saturated rings. The van der Waals surface area contributed by atoms with Gasteiger partial charge in [0.1, 0.15) is 45.1 Å². The van der Waals surface area contributed by atoms with Crippen LogP contribution in [0.4, 0.5) is 17.6 Å². The maximum absolute atomic E-state index is 13.0. The number of rotatable bonds is 8. The summed E-state index contributed by atoms with van der Waals surface area (Å²) in [5.41, 5.74) is 5.56. The van der Waals surface area contributed by atoms with E-state index in [-0.39, 0.29) is 44.9 Å². The predicted octanol–water partition coefficient (Wildman–Crippen LogP) is 6.24. The number of H-pyrrole nitrogens is 1. The fourth-order valence-electron chi connectivity index (χ4n) is 4.28. The first kappa shape index (κ1) is 63.1. The number of ether oxygens (including phenoxy) is 1. The number of hydrogen-bond donors (Lipinski definition) is 5. The zero-order valence-electron chi connectivity index (χ0n) is 38.5. The van der Waals surface area contributed by atoms with Gasteiger partial charge in [-0.2, -0.15) is 35.8 Å². The molecule has 8 rings (SSSR count). The molecule has 34 heteroatoms. The summed E-state index contributed by atoms with van der Waals surface area (Å²) in [5, 5.41) is 57.3. The lowest BCUT2D eigenvalue weighted by molar-refractivity contribution is -0.109. The van der Waals surface area contributed by atoms with Gasteiger partial charge in [-0.25, -0.2) is 61.4 Å². The quantitative estimate of drug-likeness (QED) is 0.0129. The number of nitrogens with one attached hydrogen (secondary N) is 2. The number of carbonyl (C=O) groups is 4. The van der Waals surface area contributed by atoms with Crippen LogP contribution in [-0.2, 0) is 4.74 Å². The molecule has 0 saturated carbocycles. The molecule has 0 aliphatic rings. The van der Waals surface area contributed by atoms with Gasteiger partial charge in [-0.05, 0) is 34.1 Å². The highest BCUT2D eigenvalue weighted by atomic mass is 127. The molecule has 0 aliphatic heterocycles. The molecule has 8 aromatic rings. The normalized spacial score (nSPS) is 9.55. The molecule has 386 valence electrons. The predicted molar refractivity (Wildman–Crippen MR) is 267 cm³/mol. The first-order valence-electron chi connectivity index (χ1n) is 19.2. The summed E-state index contributed by atoms with van der Waals surface area (Å²) in [5.74, 6) is -5.44. The van der Waals surface area contributed by atoms with Crippen LogP contribution in [0.25, 0.3) is 17.5 Å². The molecule has 0 aliphatic carbocycles. The first-order valence-corrected chi connectivity index (χ1v) is 27.4. The molecule has 73 heavy (non-hydrogen) atoms. The van der Waals surface area contributed by atoms with E-state index in [0.29, 0.717) is 0 Å². The van der Waals surface area contributed by atoms with E-state index in [1.807, 2.05) is 9.86 Å². The minimum absolute atomic E-state index is 0.0195. The van der Waals surface area contributed by atoms with Gasteiger partial charge < -0.3 is 20.1 Å². The van der Waals surface area contributed by atoms with E-state index in [1.54, 1.807) is 18.2 Å². The fraction of sp³-hybridized carbons (Fsp3) is 0.154. The molecule has 0 spiro atoms. The van der Waals surface area contributed by atoms with Crippen molar-refractivity contribution in [3.8, 4) is 17.5 Å². The smallest absolute Gasteiger partial charge is 0.341 e. The summed E-state index contributed by atoms with van der Waals surface area (Å²) in [4.78, 5) is 66.9. The molecular weight excluding hydrogens is 1240 g/mol. The maximum atomic E-state index is 13.0. The van der Waals surface area contributed by atoms with Crippen molar-refractivity contribution in [1.29, 1.82) is 5.53 Å². The molecular formula is C39H40ClF4I2N18O8Si+. The molecule has 8 heterocycles. The van der Waals surface area contributed by atoms with Gasteiger partial charge in [-0.15, -0.1) is 14.7 Å². The molecule has 5 N–H and O–H groups in total. The number of carbonyl (C=O) groups excluding carboxylic acids is 1. The maximum Gasteiger partial charge on any atom is 0.341 e. The number of carboxylic acid groups (broad SMARTS) is 3. The Balaban J connectivity index is 0.000000445. The number of methoxy groups -OCH3 is 1. The lowest BCUT2D eigenvalue weighted by Crippen LogP contribution is -2.22. The number of aromatic nitrogens is 16. The Labute approximate surface area is 442 Å². The van der Waals surface area contributed by atoms with Crippen molar-refractivity contribution in [2.75, 3.05) is 17.0 Å². The second kappa shape index (κ2) is 33.6. The largest absolute Gasteiger partial charge is 0.478 e. The van der Waals surface area contributed by atoms with Crippen molar-refractivity contribution in [1.82, 2.24) is 80.3 Å². The summed E-state index contributed by atoms with van der Waals surface area (Å²) in [6, 6.07) is 3.59. The molecule has 0 amide bonds. The highest BCUT2D eigenvalue weighted by Crippen LogP contribution is 2.15. The molecule has 0 radical (unpaired) electrons. The van der Waals surface area contributed by atoms with Gasteiger partial charge in [0.25, 0.3) is 5.84 Å². The van der Waals surface area contributed by atoms with Crippen molar-refractivity contribution >= 4 is 94.6 Å². The van der Waals surface area contributed by atoms with Crippen molar-refractivity contribution in [3.63, 3.8) is 0 Å². The van der Waals surface area contributed by atoms with Crippen molar-refractivity contribution in [2.24, 2.45) is 0 Å². The third kappa shape index (κ3) is 22.8. The van der Waals surface area contributed by atoms with Gasteiger partial charge in [0.15, 0.2) is 25.5 Å². The minimum Gasteiger partial charge on any atom is -0.478 e. The Hall–Kier alpha value is -7.89. The van der Waals surface area contributed by atoms with Crippen LogP contribution in [0.15, 0.2) is 98.6 Å².